The van der Waals surface area contributed by atoms with E-state index in [1.165, 1.54) is 12.4 Å². The lowest BCUT2D eigenvalue weighted by Crippen LogP contribution is -2.07. The fourth-order valence-corrected chi connectivity index (χ4v) is 2.13. The van der Waals surface area contributed by atoms with Gasteiger partial charge in [-0.2, -0.15) is 18.3 Å². The van der Waals surface area contributed by atoms with Gasteiger partial charge < -0.3 is 5.11 Å². The van der Waals surface area contributed by atoms with Crippen molar-refractivity contribution < 1.29 is 23.1 Å². The van der Waals surface area contributed by atoms with Crippen LogP contribution in [0.2, 0.25) is 0 Å². The Morgan fingerprint density at radius 2 is 1.95 bits per heavy atom. The quantitative estimate of drug-likeness (QED) is 0.759. The molecule has 9 heteroatoms. The van der Waals surface area contributed by atoms with E-state index in [2.05, 4.69) is 20.2 Å². The zero-order valence-corrected chi connectivity index (χ0v) is 10.7. The number of fused-ring (bicyclic) bond motifs is 1. The van der Waals surface area contributed by atoms with E-state index in [0.717, 1.165) is 18.5 Å². The summed E-state index contributed by atoms with van der Waals surface area (Å²) < 4.78 is 39.0. The number of rotatable bonds is 2. The van der Waals surface area contributed by atoms with E-state index in [4.69, 9.17) is 5.11 Å². The number of halogens is 3. The third-order valence-corrected chi connectivity index (χ3v) is 3.09. The lowest BCUT2D eigenvalue weighted by atomic mass is 9.98. The molecule has 0 aliphatic heterocycles. The summed E-state index contributed by atoms with van der Waals surface area (Å²) in [6, 6.07) is 1.78. The van der Waals surface area contributed by atoms with Gasteiger partial charge in [-0.1, -0.05) is 0 Å². The maximum absolute atomic E-state index is 13.0. The van der Waals surface area contributed by atoms with E-state index in [1.54, 1.807) is 0 Å². The minimum atomic E-state index is -4.58. The SMILES string of the molecule is O=C(O)c1ncncc1-c1cc(C(F)(F)F)cc2[nH]ncc12. The predicted molar refractivity (Wildman–Crippen MR) is 69.1 cm³/mol. The van der Waals surface area contributed by atoms with Crippen molar-refractivity contribution in [2.75, 3.05) is 0 Å². The number of carbonyl (C=O) groups is 1. The first-order chi connectivity index (χ1) is 10.4. The van der Waals surface area contributed by atoms with Gasteiger partial charge >= 0.3 is 12.1 Å². The molecule has 0 aliphatic carbocycles. The molecule has 0 radical (unpaired) electrons. The number of carboxylic acids is 1. The highest BCUT2D eigenvalue weighted by Gasteiger charge is 2.32. The summed E-state index contributed by atoms with van der Waals surface area (Å²) in [5.74, 6) is -1.36. The Balaban J connectivity index is 2.36. The summed E-state index contributed by atoms with van der Waals surface area (Å²) in [5, 5.41) is 15.7. The first-order valence-electron chi connectivity index (χ1n) is 5.96. The molecule has 0 atom stereocenters. The summed E-state index contributed by atoms with van der Waals surface area (Å²) in [6.45, 7) is 0. The molecule has 0 saturated heterocycles. The van der Waals surface area contributed by atoms with Crippen molar-refractivity contribution in [1.29, 1.82) is 0 Å². The standard InChI is InChI=1S/C13H7F3N4O2/c14-13(15,16)6-1-7(8-4-19-20-10(8)2-6)9-3-17-5-18-11(9)12(21)22/h1-5H,(H,19,20)(H,21,22). The highest BCUT2D eigenvalue weighted by Crippen LogP contribution is 2.37. The molecule has 0 bridgehead atoms. The molecule has 0 unspecified atom stereocenters. The Morgan fingerprint density at radius 3 is 2.64 bits per heavy atom. The van der Waals surface area contributed by atoms with E-state index in [0.29, 0.717) is 5.39 Å². The first-order valence-corrected chi connectivity index (χ1v) is 5.96. The maximum Gasteiger partial charge on any atom is 0.416 e. The van der Waals surface area contributed by atoms with Crippen molar-refractivity contribution in [1.82, 2.24) is 20.2 Å². The van der Waals surface area contributed by atoms with Crippen LogP contribution in [0.5, 0.6) is 0 Å². The molecule has 3 rings (SSSR count). The second kappa shape index (κ2) is 4.79. The summed E-state index contributed by atoms with van der Waals surface area (Å²) in [5.41, 5.74) is -1.11. The van der Waals surface area contributed by atoms with Gasteiger partial charge in [-0.15, -0.1) is 0 Å². The Morgan fingerprint density at radius 1 is 1.18 bits per heavy atom. The number of nitrogens with one attached hydrogen (secondary N) is 1. The van der Waals surface area contributed by atoms with E-state index in [1.807, 2.05) is 0 Å². The normalized spacial score (nSPS) is 11.8. The molecule has 0 aliphatic rings. The zero-order valence-electron chi connectivity index (χ0n) is 10.7. The highest BCUT2D eigenvalue weighted by molar-refractivity contribution is 6.01. The molecule has 112 valence electrons. The second-order valence-electron chi connectivity index (χ2n) is 4.44. The lowest BCUT2D eigenvalue weighted by molar-refractivity contribution is -0.137. The number of aromatic amines is 1. The largest absolute Gasteiger partial charge is 0.476 e. The van der Waals surface area contributed by atoms with Crippen LogP contribution in [-0.2, 0) is 6.18 Å². The fraction of sp³-hybridized carbons (Fsp3) is 0.0769. The van der Waals surface area contributed by atoms with Gasteiger partial charge in [0.15, 0.2) is 5.69 Å². The number of aromatic nitrogens is 4. The third kappa shape index (κ3) is 2.26. The number of hydrogen-bond donors (Lipinski definition) is 2. The molecule has 22 heavy (non-hydrogen) atoms. The van der Waals surface area contributed by atoms with Crippen molar-refractivity contribution in [3.05, 3.63) is 42.1 Å². The summed E-state index contributed by atoms with van der Waals surface area (Å²) in [4.78, 5) is 18.5. The second-order valence-corrected chi connectivity index (χ2v) is 4.44. The first kappa shape index (κ1) is 14.0. The van der Waals surface area contributed by atoms with Crippen LogP contribution in [-0.4, -0.2) is 31.2 Å². The summed E-state index contributed by atoms with van der Waals surface area (Å²) in [7, 11) is 0. The van der Waals surface area contributed by atoms with Crippen LogP contribution in [0.15, 0.2) is 30.9 Å². The van der Waals surface area contributed by atoms with Crippen molar-refractivity contribution >= 4 is 16.9 Å². The molecule has 2 aromatic heterocycles. The molecule has 6 nitrogen and oxygen atoms in total. The van der Waals surface area contributed by atoms with E-state index >= 15 is 0 Å². The average Bonchev–Trinajstić information content (AvgIpc) is 2.93. The molecule has 2 heterocycles. The van der Waals surface area contributed by atoms with Crippen LogP contribution in [0, 0.1) is 0 Å². The molecule has 3 aromatic rings. The lowest BCUT2D eigenvalue weighted by Gasteiger charge is -2.11. The number of benzene rings is 1. The minimum absolute atomic E-state index is 0.00694. The Bertz CT molecular complexity index is 873. The number of aromatic carboxylic acids is 1. The number of nitrogens with zero attached hydrogens (tertiary/aromatic N) is 3. The van der Waals surface area contributed by atoms with Crippen LogP contribution >= 0.6 is 0 Å². The summed E-state index contributed by atoms with van der Waals surface area (Å²) in [6.07, 6.45) is -1.07. The van der Waals surface area contributed by atoms with Crippen LogP contribution in [0.4, 0.5) is 13.2 Å². The number of carboxylic acid groups (broad SMARTS) is 1. The van der Waals surface area contributed by atoms with Gasteiger partial charge in [0.2, 0.25) is 0 Å². The molecule has 2 N–H and O–H groups in total. The molecular weight excluding hydrogens is 301 g/mol. The topological polar surface area (TPSA) is 91.8 Å². The highest BCUT2D eigenvalue weighted by atomic mass is 19.4. The smallest absolute Gasteiger partial charge is 0.416 e. The van der Waals surface area contributed by atoms with E-state index in [9.17, 15) is 18.0 Å². The number of alkyl halides is 3. The fourth-order valence-electron chi connectivity index (χ4n) is 2.13. The zero-order chi connectivity index (χ0) is 15.9. The van der Waals surface area contributed by atoms with Gasteiger partial charge in [-0.3, -0.25) is 5.10 Å². The molecule has 0 saturated carbocycles. The van der Waals surface area contributed by atoms with Gasteiger partial charge in [0.05, 0.1) is 17.3 Å². The monoisotopic (exact) mass is 308 g/mol. The van der Waals surface area contributed by atoms with Crippen LogP contribution in [0.25, 0.3) is 22.0 Å². The molecule has 0 spiro atoms. The van der Waals surface area contributed by atoms with Crippen LogP contribution in [0.1, 0.15) is 16.1 Å². The van der Waals surface area contributed by atoms with Crippen molar-refractivity contribution in [3.8, 4) is 11.1 Å². The molecule has 0 fully saturated rings. The molecule has 1 aromatic carbocycles. The van der Waals surface area contributed by atoms with Crippen LogP contribution < -0.4 is 0 Å². The number of H-pyrrole nitrogens is 1. The maximum atomic E-state index is 13.0. The van der Waals surface area contributed by atoms with Gasteiger partial charge in [0.25, 0.3) is 0 Å². The Hall–Kier alpha value is -2.97. The predicted octanol–water partition coefficient (Wildman–Crippen LogP) is 2.74. The van der Waals surface area contributed by atoms with Crippen molar-refractivity contribution in [2.24, 2.45) is 0 Å². The summed E-state index contributed by atoms with van der Waals surface area (Å²) >= 11 is 0. The van der Waals surface area contributed by atoms with Gasteiger partial charge in [-0.05, 0) is 17.7 Å². The average molecular weight is 308 g/mol. The third-order valence-electron chi connectivity index (χ3n) is 3.09. The van der Waals surface area contributed by atoms with E-state index in [-0.39, 0.29) is 22.3 Å². The van der Waals surface area contributed by atoms with Gasteiger partial charge in [-0.25, -0.2) is 14.8 Å². The molecule has 0 amide bonds. The van der Waals surface area contributed by atoms with Crippen molar-refractivity contribution in [3.63, 3.8) is 0 Å². The van der Waals surface area contributed by atoms with Gasteiger partial charge in [0.1, 0.15) is 6.33 Å². The minimum Gasteiger partial charge on any atom is -0.476 e. The van der Waals surface area contributed by atoms with Crippen molar-refractivity contribution in [2.45, 2.75) is 6.18 Å². The van der Waals surface area contributed by atoms with Gasteiger partial charge in [0, 0.05) is 17.1 Å². The Kier molecular flexibility index (Phi) is 3.05. The van der Waals surface area contributed by atoms with E-state index < -0.39 is 17.7 Å². The Labute approximate surface area is 120 Å². The number of hydrogen-bond acceptors (Lipinski definition) is 4. The molecular formula is C13H7F3N4O2. The van der Waals surface area contributed by atoms with Crippen LogP contribution in [0.3, 0.4) is 0 Å².